The molecule has 0 saturated carbocycles. The lowest BCUT2D eigenvalue weighted by Gasteiger charge is -2.20. The first-order valence-corrected chi connectivity index (χ1v) is 17.0. The Morgan fingerprint density at radius 2 is 1.45 bits per heavy atom. The third-order valence-corrected chi connectivity index (χ3v) is 11.7. The molecule has 0 radical (unpaired) electrons. The molecule has 0 fully saturated rings. The standard InChI is InChI=1S/C15H12N2O3S2.C15H10N2O3S2/c18-9-2-1-7-4-10-12(5-8(7)3-9)22-14(16-10)13-17-11(6-21-13)15(19)20;18-10-5-11-12(8-4-2-1-3-7(8)10)17-14(22-11)13-16-9(6-21-13)15(19)20/h1-5,7-8,11,18H,6H2,(H,19,20);1-5,9,18H,6H2,(H,19,20)/t7?,8?,11-;9-/m11/s1. The molecule has 14 heteroatoms. The third kappa shape index (κ3) is 5.42. The number of hydrogen-bond acceptors (Lipinski definition) is 12. The number of aromatic nitrogens is 2. The van der Waals surface area contributed by atoms with E-state index in [4.69, 9.17) is 10.2 Å². The zero-order valence-corrected chi connectivity index (χ0v) is 25.8. The maximum absolute atomic E-state index is 11.0. The lowest BCUT2D eigenvalue weighted by molar-refractivity contribution is -0.138. The van der Waals surface area contributed by atoms with Crippen LogP contribution in [0.4, 0.5) is 0 Å². The van der Waals surface area contributed by atoms with E-state index < -0.39 is 24.0 Å². The zero-order chi connectivity index (χ0) is 30.5. The van der Waals surface area contributed by atoms with E-state index in [0.717, 1.165) is 35.9 Å². The number of carboxylic acid groups (broad SMARTS) is 2. The summed E-state index contributed by atoms with van der Waals surface area (Å²) in [5.74, 6) is -0.0224. The average molecular weight is 663 g/mol. The molecule has 2 aliphatic carbocycles. The van der Waals surface area contributed by atoms with Crippen LogP contribution in [0, 0.1) is 11.8 Å². The predicted molar refractivity (Wildman–Crippen MR) is 177 cm³/mol. The van der Waals surface area contributed by atoms with Crippen LogP contribution in [-0.2, 0) is 9.59 Å². The molecule has 2 aliphatic heterocycles. The second kappa shape index (κ2) is 11.5. The molecule has 4 atom stereocenters. The molecular weight excluding hydrogens is 641 g/mol. The van der Waals surface area contributed by atoms with Crippen molar-refractivity contribution in [1.29, 1.82) is 0 Å². The van der Waals surface area contributed by atoms with Crippen LogP contribution < -0.4 is 9.88 Å². The largest absolute Gasteiger partial charge is 0.508 e. The van der Waals surface area contributed by atoms with Gasteiger partial charge in [-0.1, -0.05) is 36.4 Å². The zero-order valence-electron chi connectivity index (χ0n) is 22.5. The molecule has 4 aliphatic rings. The van der Waals surface area contributed by atoms with Crippen molar-refractivity contribution in [3.05, 3.63) is 74.2 Å². The third-order valence-electron chi connectivity index (χ3n) is 7.29. The summed E-state index contributed by atoms with van der Waals surface area (Å²) in [4.78, 5) is 39.7. The number of carboxylic acids is 2. The highest BCUT2D eigenvalue weighted by atomic mass is 32.2. The number of aliphatic imine (C=N–C) groups is 2. The van der Waals surface area contributed by atoms with Gasteiger partial charge in [-0.2, -0.15) is 0 Å². The van der Waals surface area contributed by atoms with Crippen LogP contribution in [0.3, 0.4) is 0 Å². The van der Waals surface area contributed by atoms with Crippen LogP contribution in [0.25, 0.3) is 33.1 Å². The molecule has 0 spiro atoms. The Bertz CT molecular complexity index is 2110. The number of hydrogen-bond donors (Lipinski definition) is 4. The lowest BCUT2D eigenvalue weighted by atomic mass is 9.85. The number of aliphatic hydroxyl groups is 1. The van der Waals surface area contributed by atoms with Crippen LogP contribution in [0.15, 0.2) is 64.3 Å². The summed E-state index contributed by atoms with van der Waals surface area (Å²) in [7, 11) is 0. The van der Waals surface area contributed by atoms with Gasteiger partial charge in [-0.3, -0.25) is 9.98 Å². The quantitative estimate of drug-likeness (QED) is 0.251. The van der Waals surface area contributed by atoms with Crippen LogP contribution in [0.5, 0.6) is 5.75 Å². The van der Waals surface area contributed by atoms with Gasteiger partial charge in [0.15, 0.2) is 12.1 Å². The monoisotopic (exact) mass is 662 g/mol. The number of thioether (sulfide) groups is 2. The van der Waals surface area contributed by atoms with Crippen molar-refractivity contribution in [3.8, 4) is 5.75 Å². The van der Waals surface area contributed by atoms with Gasteiger partial charge in [-0.05, 0) is 18.2 Å². The minimum Gasteiger partial charge on any atom is -0.508 e. The molecular formula is C30H22N4O6S4. The van der Waals surface area contributed by atoms with Gasteiger partial charge in [-0.25, -0.2) is 19.6 Å². The molecule has 2 aromatic carbocycles. The molecule has 0 bridgehead atoms. The van der Waals surface area contributed by atoms with E-state index in [9.17, 15) is 19.8 Å². The number of benzene rings is 2. The van der Waals surface area contributed by atoms with Crippen LogP contribution in [0.2, 0.25) is 0 Å². The van der Waals surface area contributed by atoms with E-state index in [1.807, 2.05) is 36.4 Å². The highest BCUT2D eigenvalue weighted by Gasteiger charge is 2.29. The van der Waals surface area contributed by atoms with Gasteiger partial charge in [0.1, 0.15) is 31.6 Å². The highest BCUT2D eigenvalue weighted by Crippen LogP contribution is 2.37. The van der Waals surface area contributed by atoms with Crippen molar-refractivity contribution >= 4 is 101 Å². The molecule has 0 saturated heterocycles. The number of nitrogens with zero attached hydrogens (tertiary/aromatic N) is 4. The van der Waals surface area contributed by atoms with E-state index >= 15 is 0 Å². The summed E-state index contributed by atoms with van der Waals surface area (Å²) in [6.07, 6.45) is 9.72. The lowest BCUT2D eigenvalue weighted by Crippen LogP contribution is -2.30. The predicted octanol–water partition coefficient (Wildman–Crippen LogP) is 4.01. The second-order valence-corrected chi connectivity index (χ2v) is 14.3. The Labute approximate surface area is 265 Å². The first kappa shape index (κ1) is 28.8. The molecule has 10 nitrogen and oxygen atoms in total. The van der Waals surface area contributed by atoms with E-state index in [2.05, 4.69) is 32.1 Å². The number of thiazole rings is 2. The summed E-state index contributed by atoms with van der Waals surface area (Å²) in [6, 6.07) is 7.89. The fourth-order valence-electron chi connectivity index (χ4n) is 5.12. The molecule has 0 amide bonds. The molecule has 4 heterocycles. The molecule has 4 N–H and O–H groups in total. The van der Waals surface area contributed by atoms with E-state index in [1.165, 1.54) is 46.2 Å². The Kier molecular flexibility index (Phi) is 7.52. The topological polar surface area (TPSA) is 166 Å². The van der Waals surface area contributed by atoms with Crippen molar-refractivity contribution in [3.63, 3.8) is 0 Å². The van der Waals surface area contributed by atoms with Gasteiger partial charge in [0.05, 0.1) is 20.1 Å². The number of rotatable bonds is 4. The minimum atomic E-state index is -0.910. The maximum atomic E-state index is 11.0. The number of carbonyl (C=O) groups is 2. The van der Waals surface area contributed by atoms with Crippen LogP contribution in [-0.4, -0.2) is 76.0 Å². The molecule has 44 heavy (non-hydrogen) atoms. The summed E-state index contributed by atoms with van der Waals surface area (Å²) >= 11 is 5.80. The average Bonchev–Trinajstić information content (AvgIpc) is 3.81. The molecule has 2 unspecified atom stereocenters. The number of aliphatic carboxylic acids is 2. The van der Waals surface area contributed by atoms with Crippen LogP contribution in [0.1, 0.15) is 10.0 Å². The van der Waals surface area contributed by atoms with Gasteiger partial charge in [-0.15, -0.1) is 46.2 Å². The normalized spacial score (nSPS) is 23.4. The van der Waals surface area contributed by atoms with Gasteiger partial charge in [0.25, 0.3) is 0 Å². The summed E-state index contributed by atoms with van der Waals surface area (Å²) in [6.45, 7) is 0. The number of aromatic hydroxyl groups is 1. The van der Waals surface area contributed by atoms with Gasteiger partial charge in [0.2, 0.25) is 0 Å². The number of aliphatic hydroxyl groups excluding tert-OH is 1. The molecule has 4 aromatic rings. The SMILES string of the molecule is O=C(O)[C@H]1CSC(c2nc3c(cc(O)c4ccccc43)s2)=N1.O=C(O)[C@H]1CSC(c2nc3c(s2)=CC2C=C(O)C=CC2C=3)=N1. The maximum Gasteiger partial charge on any atom is 0.329 e. The molecule has 8 rings (SSSR count). The number of phenolic OH excluding ortho intramolecular Hbond substituents is 1. The number of phenols is 1. The number of allylic oxidation sites excluding steroid dienone is 3. The minimum absolute atomic E-state index is 0.149. The first-order valence-electron chi connectivity index (χ1n) is 13.4. The Morgan fingerprint density at radius 3 is 2.11 bits per heavy atom. The fourth-order valence-corrected chi connectivity index (χ4v) is 9.38. The number of fused-ring (bicyclic) bond motifs is 5. The van der Waals surface area contributed by atoms with Gasteiger partial charge < -0.3 is 20.4 Å². The smallest absolute Gasteiger partial charge is 0.329 e. The highest BCUT2D eigenvalue weighted by molar-refractivity contribution is 8.15. The van der Waals surface area contributed by atoms with Crippen molar-refractivity contribution in [2.75, 3.05) is 11.5 Å². The van der Waals surface area contributed by atoms with E-state index in [0.29, 0.717) is 32.4 Å². The summed E-state index contributed by atoms with van der Waals surface area (Å²) in [5.41, 5.74) is 0.815. The Morgan fingerprint density at radius 1 is 0.795 bits per heavy atom. The van der Waals surface area contributed by atoms with Gasteiger partial charge in [0, 0.05) is 40.2 Å². The Balaban J connectivity index is 0.000000142. The summed E-state index contributed by atoms with van der Waals surface area (Å²) < 4.78 is 1.92. The Hall–Kier alpha value is -3.98. The van der Waals surface area contributed by atoms with Crippen molar-refractivity contribution in [2.45, 2.75) is 12.1 Å². The van der Waals surface area contributed by atoms with Crippen molar-refractivity contribution in [1.82, 2.24) is 9.97 Å². The summed E-state index contributed by atoms with van der Waals surface area (Å²) in [5, 5.41) is 43.2. The molecule has 2 aromatic heterocycles. The van der Waals surface area contributed by atoms with E-state index in [-0.39, 0.29) is 17.6 Å². The van der Waals surface area contributed by atoms with Gasteiger partial charge >= 0.3 is 11.9 Å². The second-order valence-electron chi connectivity index (χ2n) is 10.2. The fraction of sp³-hybridized carbons (Fsp3) is 0.200. The van der Waals surface area contributed by atoms with Crippen molar-refractivity contribution < 1.29 is 30.0 Å². The van der Waals surface area contributed by atoms with Crippen LogP contribution >= 0.6 is 46.2 Å². The van der Waals surface area contributed by atoms with E-state index in [1.54, 1.807) is 12.1 Å². The first-order chi connectivity index (χ1) is 21.2. The van der Waals surface area contributed by atoms with Crippen molar-refractivity contribution in [2.24, 2.45) is 21.8 Å². The molecule has 222 valence electrons.